The molecular formula is C14H15N5O. The molecule has 6 nitrogen and oxygen atoms in total. The molecule has 3 heterocycles. The molecule has 0 bridgehead atoms. The van der Waals surface area contributed by atoms with Crippen LogP contribution < -0.4 is 10.6 Å². The van der Waals surface area contributed by atoms with Gasteiger partial charge in [0.25, 0.3) is 0 Å². The van der Waals surface area contributed by atoms with Crippen molar-refractivity contribution in [1.82, 2.24) is 15.0 Å². The van der Waals surface area contributed by atoms with E-state index >= 15 is 0 Å². The number of hydrogen-bond donors (Lipinski definition) is 3. The second kappa shape index (κ2) is 4.08. The van der Waals surface area contributed by atoms with Gasteiger partial charge in [0, 0.05) is 30.0 Å². The quantitative estimate of drug-likeness (QED) is 0.620. The summed E-state index contributed by atoms with van der Waals surface area (Å²) in [5, 5.41) is 11.6. The summed E-state index contributed by atoms with van der Waals surface area (Å²) in [5.41, 5.74) is 7.72. The number of hydrogen-bond acceptors (Lipinski definition) is 5. The van der Waals surface area contributed by atoms with Crippen LogP contribution in [0.3, 0.4) is 0 Å². The topological polar surface area (TPSA) is 91.1 Å². The zero-order valence-corrected chi connectivity index (χ0v) is 10.9. The third kappa shape index (κ3) is 1.61. The Morgan fingerprint density at radius 1 is 1.35 bits per heavy atom. The van der Waals surface area contributed by atoms with Crippen LogP contribution in [-0.4, -0.2) is 39.2 Å². The lowest BCUT2D eigenvalue weighted by Crippen LogP contribution is -2.27. The van der Waals surface area contributed by atoms with Crippen molar-refractivity contribution in [2.75, 3.05) is 18.0 Å². The van der Waals surface area contributed by atoms with Gasteiger partial charge in [-0.15, -0.1) is 0 Å². The molecule has 102 valence electrons. The maximum atomic E-state index is 9.72. The molecule has 1 saturated heterocycles. The van der Waals surface area contributed by atoms with Crippen LogP contribution in [0.5, 0.6) is 5.75 Å². The van der Waals surface area contributed by atoms with E-state index in [0.717, 1.165) is 47.3 Å². The average Bonchev–Trinajstić information content (AvgIpc) is 3.02. The van der Waals surface area contributed by atoms with Gasteiger partial charge in [0.2, 0.25) is 0 Å². The largest absolute Gasteiger partial charge is 0.508 e. The van der Waals surface area contributed by atoms with Crippen molar-refractivity contribution in [3.63, 3.8) is 0 Å². The molecule has 1 aromatic carbocycles. The van der Waals surface area contributed by atoms with E-state index in [1.54, 1.807) is 18.5 Å². The lowest BCUT2D eigenvalue weighted by atomic mass is 10.2. The van der Waals surface area contributed by atoms with E-state index in [9.17, 15) is 5.11 Å². The minimum atomic E-state index is 0.193. The molecule has 0 aliphatic carbocycles. The molecule has 0 radical (unpaired) electrons. The standard InChI is InChI=1S/C14H15N5O/c15-8-3-4-19(6-8)14-12-10-5-9(20)1-2-11(10)18-13(12)16-7-17-14/h1-2,5,7-8,20H,3-4,6,15H2,(H,16,17,18)/t8-/m0/s1. The molecule has 1 aliphatic rings. The number of H-pyrrole nitrogens is 1. The highest BCUT2D eigenvalue weighted by molar-refractivity contribution is 6.11. The number of phenolic OH excluding ortho intramolecular Hbond substituents is 1. The number of fused-ring (bicyclic) bond motifs is 3. The summed E-state index contributed by atoms with van der Waals surface area (Å²) >= 11 is 0. The van der Waals surface area contributed by atoms with Gasteiger partial charge in [-0.25, -0.2) is 9.97 Å². The van der Waals surface area contributed by atoms with Crippen molar-refractivity contribution in [2.24, 2.45) is 5.73 Å². The van der Waals surface area contributed by atoms with E-state index in [1.165, 1.54) is 0 Å². The van der Waals surface area contributed by atoms with Gasteiger partial charge in [-0.05, 0) is 24.6 Å². The fraction of sp³-hybridized carbons (Fsp3) is 0.286. The first-order valence-electron chi connectivity index (χ1n) is 6.68. The zero-order valence-electron chi connectivity index (χ0n) is 10.9. The molecule has 3 aromatic rings. The first-order valence-corrected chi connectivity index (χ1v) is 6.68. The van der Waals surface area contributed by atoms with Crippen LogP contribution in [0.15, 0.2) is 24.5 Å². The number of aromatic hydroxyl groups is 1. The fourth-order valence-corrected chi connectivity index (χ4v) is 2.91. The third-order valence-corrected chi connectivity index (χ3v) is 3.88. The Balaban J connectivity index is 2.00. The molecule has 1 aliphatic heterocycles. The summed E-state index contributed by atoms with van der Waals surface area (Å²) in [6, 6.07) is 5.46. The van der Waals surface area contributed by atoms with Gasteiger partial charge < -0.3 is 20.7 Å². The van der Waals surface area contributed by atoms with Gasteiger partial charge in [-0.3, -0.25) is 0 Å². The van der Waals surface area contributed by atoms with Gasteiger partial charge in [-0.2, -0.15) is 0 Å². The number of nitrogens with two attached hydrogens (primary N) is 1. The molecule has 20 heavy (non-hydrogen) atoms. The first kappa shape index (κ1) is 11.5. The van der Waals surface area contributed by atoms with Gasteiger partial charge in [0.15, 0.2) is 0 Å². The molecule has 4 rings (SSSR count). The first-order chi connectivity index (χ1) is 9.72. The van der Waals surface area contributed by atoms with Gasteiger partial charge in [0.1, 0.15) is 23.5 Å². The minimum Gasteiger partial charge on any atom is -0.508 e. The number of rotatable bonds is 1. The van der Waals surface area contributed by atoms with E-state index in [0.29, 0.717) is 0 Å². The number of aromatic nitrogens is 3. The molecule has 0 spiro atoms. The monoisotopic (exact) mass is 269 g/mol. The van der Waals surface area contributed by atoms with Gasteiger partial charge in [-0.1, -0.05) is 0 Å². The summed E-state index contributed by atoms with van der Waals surface area (Å²) in [6.07, 6.45) is 2.54. The molecule has 4 N–H and O–H groups in total. The SMILES string of the molecule is N[C@H]1CCN(c2ncnc3[nH]c4ccc(O)cc4c23)C1. The molecule has 0 saturated carbocycles. The predicted molar refractivity (Wildman–Crippen MR) is 77.9 cm³/mol. The van der Waals surface area contributed by atoms with E-state index < -0.39 is 0 Å². The fourth-order valence-electron chi connectivity index (χ4n) is 2.91. The maximum Gasteiger partial charge on any atom is 0.143 e. The Bertz CT molecular complexity index is 797. The summed E-state index contributed by atoms with van der Waals surface area (Å²) in [6.45, 7) is 1.70. The molecule has 0 unspecified atom stereocenters. The molecule has 6 heteroatoms. The number of nitrogens with zero attached hydrogens (tertiary/aromatic N) is 3. The van der Waals surface area contributed by atoms with Crippen LogP contribution in [0.4, 0.5) is 5.82 Å². The molecule has 0 amide bonds. The highest BCUT2D eigenvalue weighted by Crippen LogP contribution is 2.33. The second-order valence-electron chi connectivity index (χ2n) is 5.27. The van der Waals surface area contributed by atoms with Crippen molar-refractivity contribution in [1.29, 1.82) is 0 Å². The Hall–Kier alpha value is -2.34. The molecule has 2 aromatic heterocycles. The molecule has 1 atom stereocenters. The van der Waals surface area contributed by atoms with E-state index in [-0.39, 0.29) is 11.8 Å². The summed E-state index contributed by atoms with van der Waals surface area (Å²) < 4.78 is 0. The van der Waals surface area contributed by atoms with Crippen molar-refractivity contribution in [2.45, 2.75) is 12.5 Å². The smallest absolute Gasteiger partial charge is 0.143 e. The Morgan fingerprint density at radius 2 is 2.25 bits per heavy atom. The van der Waals surface area contributed by atoms with E-state index in [4.69, 9.17) is 5.73 Å². The average molecular weight is 269 g/mol. The van der Waals surface area contributed by atoms with Crippen molar-refractivity contribution < 1.29 is 5.11 Å². The van der Waals surface area contributed by atoms with Crippen molar-refractivity contribution in [3.8, 4) is 5.75 Å². The summed E-state index contributed by atoms with van der Waals surface area (Å²) in [5.74, 6) is 1.13. The van der Waals surface area contributed by atoms with Crippen LogP contribution >= 0.6 is 0 Å². The lowest BCUT2D eigenvalue weighted by Gasteiger charge is -2.17. The van der Waals surface area contributed by atoms with Crippen LogP contribution in [-0.2, 0) is 0 Å². The molecular weight excluding hydrogens is 254 g/mol. The summed E-state index contributed by atoms with van der Waals surface area (Å²) in [4.78, 5) is 14.2. The number of phenols is 1. The van der Waals surface area contributed by atoms with Crippen LogP contribution in [0.1, 0.15) is 6.42 Å². The van der Waals surface area contributed by atoms with E-state index in [1.807, 2.05) is 6.07 Å². The Labute approximate surface area is 115 Å². The predicted octanol–water partition coefficient (Wildman–Crippen LogP) is 1.35. The van der Waals surface area contributed by atoms with E-state index in [2.05, 4.69) is 19.9 Å². The van der Waals surface area contributed by atoms with Crippen molar-refractivity contribution in [3.05, 3.63) is 24.5 Å². The van der Waals surface area contributed by atoms with Crippen LogP contribution in [0.25, 0.3) is 21.9 Å². The highest BCUT2D eigenvalue weighted by Gasteiger charge is 2.23. The third-order valence-electron chi connectivity index (χ3n) is 3.88. The zero-order chi connectivity index (χ0) is 13.7. The van der Waals surface area contributed by atoms with Crippen LogP contribution in [0, 0.1) is 0 Å². The number of nitrogens with one attached hydrogen (secondary N) is 1. The van der Waals surface area contributed by atoms with Gasteiger partial charge in [0.05, 0.1) is 5.39 Å². The lowest BCUT2D eigenvalue weighted by molar-refractivity contribution is 0.476. The number of anilines is 1. The minimum absolute atomic E-state index is 0.193. The van der Waals surface area contributed by atoms with Crippen LogP contribution in [0.2, 0.25) is 0 Å². The normalized spacial score (nSPS) is 19.2. The maximum absolute atomic E-state index is 9.72. The Kier molecular flexibility index (Phi) is 2.34. The number of benzene rings is 1. The van der Waals surface area contributed by atoms with Gasteiger partial charge >= 0.3 is 0 Å². The number of aromatic amines is 1. The highest BCUT2D eigenvalue weighted by atomic mass is 16.3. The second-order valence-corrected chi connectivity index (χ2v) is 5.27. The summed E-state index contributed by atoms with van der Waals surface area (Å²) in [7, 11) is 0. The van der Waals surface area contributed by atoms with Crippen molar-refractivity contribution >= 4 is 27.8 Å². The molecule has 1 fully saturated rings. The Morgan fingerprint density at radius 3 is 3.05 bits per heavy atom.